The van der Waals surface area contributed by atoms with Gasteiger partial charge in [0.15, 0.2) is 0 Å². The number of carbonyl (C=O) groups excluding carboxylic acids is 2. The molecule has 0 bridgehead atoms. The van der Waals surface area contributed by atoms with E-state index in [0.717, 1.165) is 4.31 Å². The Balaban J connectivity index is 1.32. The summed E-state index contributed by atoms with van der Waals surface area (Å²) >= 11 is 0. The quantitative estimate of drug-likeness (QED) is 0.222. The van der Waals surface area contributed by atoms with Crippen LogP contribution in [0.3, 0.4) is 0 Å². The fourth-order valence-electron chi connectivity index (χ4n) is 5.46. The van der Waals surface area contributed by atoms with E-state index in [2.05, 4.69) is 5.32 Å². The number of halogens is 2. The van der Waals surface area contributed by atoms with Crippen molar-refractivity contribution in [3.05, 3.63) is 89.5 Å². The molecule has 2 aliphatic heterocycles. The molecule has 3 atom stereocenters. The van der Waals surface area contributed by atoms with E-state index < -0.39 is 46.0 Å². The number of rotatable bonds is 8. The van der Waals surface area contributed by atoms with Crippen LogP contribution in [0.15, 0.2) is 66.7 Å². The molecule has 43 heavy (non-hydrogen) atoms. The molecule has 0 saturated carbocycles. The van der Waals surface area contributed by atoms with Gasteiger partial charge in [-0.2, -0.15) is 12.7 Å². The lowest BCUT2D eigenvalue weighted by Gasteiger charge is -2.48. The van der Waals surface area contributed by atoms with E-state index in [0.29, 0.717) is 16.8 Å². The Morgan fingerprint density at radius 2 is 1.56 bits per heavy atom. The van der Waals surface area contributed by atoms with Gasteiger partial charge in [0.1, 0.15) is 17.4 Å². The number of urea groups is 1. The van der Waals surface area contributed by atoms with E-state index in [1.165, 1.54) is 64.4 Å². The minimum Gasteiger partial charge on any atom is -0.508 e. The number of amides is 3. The van der Waals surface area contributed by atoms with Crippen molar-refractivity contribution in [2.24, 2.45) is 5.92 Å². The molecule has 2 aliphatic rings. The fraction of sp³-hybridized carbons (Fsp3) is 0.310. The first-order valence-corrected chi connectivity index (χ1v) is 15.0. The molecule has 228 valence electrons. The largest absolute Gasteiger partial charge is 0.508 e. The highest BCUT2D eigenvalue weighted by atomic mass is 32.2. The van der Waals surface area contributed by atoms with Gasteiger partial charge in [0.2, 0.25) is 5.91 Å². The van der Waals surface area contributed by atoms with E-state index in [-0.39, 0.29) is 56.4 Å². The van der Waals surface area contributed by atoms with Crippen LogP contribution in [-0.4, -0.2) is 70.5 Å². The Morgan fingerprint density at radius 3 is 2.14 bits per heavy atom. The van der Waals surface area contributed by atoms with Crippen LogP contribution in [-0.2, 0) is 15.1 Å². The Morgan fingerprint density at radius 1 is 0.953 bits per heavy atom. The highest BCUT2D eigenvalue weighted by Gasteiger charge is 2.49. The lowest BCUT2D eigenvalue weighted by atomic mass is 9.78. The van der Waals surface area contributed by atoms with Crippen molar-refractivity contribution >= 4 is 33.6 Å². The van der Waals surface area contributed by atoms with Crippen molar-refractivity contribution < 1.29 is 41.6 Å². The number of anilines is 2. The maximum atomic E-state index is 13.6. The minimum atomic E-state index is -4.34. The summed E-state index contributed by atoms with van der Waals surface area (Å²) in [4.78, 5) is 28.9. The van der Waals surface area contributed by atoms with Crippen molar-refractivity contribution in [3.63, 3.8) is 0 Å². The number of aromatic hydroxyl groups is 1. The average molecular weight is 617 g/mol. The molecule has 3 aromatic rings. The number of hydrogen-bond donors (Lipinski definition) is 4. The van der Waals surface area contributed by atoms with Crippen LogP contribution < -0.4 is 10.2 Å². The van der Waals surface area contributed by atoms with Crippen molar-refractivity contribution in [2.45, 2.75) is 25.0 Å². The van der Waals surface area contributed by atoms with Crippen LogP contribution in [0.1, 0.15) is 36.1 Å². The number of nitrogens with one attached hydrogen (secondary N) is 1. The third-order valence-corrected chi connectivity index (χ3v) is 8.79. The lowest BCUT2D eigenvalue weighted by Crippen LogP contribution is -2.55. The minimum absolute atomic E-state index is 0.0535. The number of phenols is 1. The second-order valence-electron chi connectivity index (χ2n) is 10.4. The number of β-lactam (4-membered cyclic amide) rings is 1. The van der Waals surface area contributed by atoms with Gasteiger partial charge in [0, 0.05) is 49.2 Å². The molecule has 0 unspecified atom stereocenters. The topological polar surface area (TPSA) is 151 Å². The molecule has 0 spiro atoms. The molecular weight excluding hydrogens is 586 g/mol. The molecule has 3 amide bonds. The third-order valence-electron chi connectivity index (χ3n) is 7.78. The van der Waals surface area contributed by atoms with Crippen molar-refractivity contribution in [1.82, 2.24) is 9.21 Å². The van der Waals surface area contributed by atoms with Gasteiger partial charge in [0.25, 0.3) is 0 Å². The van der Waals surface area contributed by atoms with Crippen molar-refractivity contribution in [3.8, 4) is 5.75 Å². The number of piperazine rings is 1. The Labute approximate surface area is 246 Å². The number of aliphatic hydroxyl groups excluding tert-OH is 1. The van der Waals surface area contributed by atoms with E-state index in [9.17, 15) is 41.6 Å². The van der Waals surface area contributed by atoms with Crippen LogP contribution in [0.2, 0.25) is 0 Å². The molecule has 0 aliphatic carbocycles. The Kier molecular flexibility index (Phi) is 8.64. The van der Waals surface area contributed by atoms with E-state index in [1.54, 1.807) is 12.1 Å². The molecule has 2 heterocycles. The van der Waals surface area contributed by atoms with E-state index >= 15 is 0 Å². The summed E-state index contributed by atoms with van der Waals surface area (Å²) in [7, 11) is -4.34. The van der Waals surface area contributed by atoms with Gasteiger partial charge < -0.3 is 25.3 Å². The number of carbonyl (C=O) groups is 2. The number of benzene rings is 3. The standard InChI is InChI=1S/C29H30F2N4O7S/c30-19-3-1-18(2-4-19)25(36)12-11-24-27(35(28(24)38)22-8-5-20(31)6-9-22)23-10-7-21(17-26(23)37)32-29(39)33-13-15-34(16-14-33)43(40,41)42/h1-10,17,24-25,27,36-37H,11-16H2,(H,32,39)(H,40,41,42)/t24-,25+,27-/m1/s1. The first-order chi connectivity index (χ1) is 20.4. The second-order valence-corrected chi connectivity index (χ2v) is 11.9. The predicted octanol–water partition coefficient (Wildman–Crippen LogP) is 3.84. The Hall–Kier alpha value is -4.11. The van der Waals surface area contributed by atoms with Gasteiger partial charge in [-0.25, -0.2) is 13.6 Å². The lowest BCUT2D eigenvalue weighted by molar-refractivity contribution is -0.131. The fourth-order valence-corrected chi connectivity index (χ4v) is 6.09. The van der Waals surface area contributed by atoms with E-state index in [4.69, 9.17) is 0 Å². The highest BCUT2D eigenvalue weighted by molar-refractivity contribution is 7.83. The first kappa shape index (κ1) is 30.4. The van der Waals surface area contributed by atoms with Gasteiger partial charge >= 0.3 is 16.3 Å². The summed E-state index contributed by atoms with van der Waals surface area (Å²) < 4.78 is 59.5. The third kappa shape index (κ3) is 6.62. The summed E-state index contributed by atoms with van der Waals surface area (Å²) in [6.45, 7) is -0.0266. The summed E-state index contributed by atoms with van der Waals surface area (Å²) in [5, 5.41) is 24.3. The van der Waals surface area contributed by atoms with Crippen molar-refractivity contribution in [1.29, 1.82) is 0 Å². The predicted molar refractivity (Wildman–Crippen MR) is 153 cm³/mol. The number of aliphatic hydroxyl groups is 1. The smallest absolute Gasteiger partial charge is 0.336 e. The molecule has 4 N–H and O–H groups in total. The maximum absolute atomic E-state index is 13.6. The van der Waals surface area contributed by atoms with Gasteiger partial charge in [0.05, 0.1) is 18.1 Å². The monoisotopic (exact) mass is 616 g/mol. The molecule has 0 aromatic heterocycles. The number of hydrogen-bond acceptors (Lipinski definition) is 6. The molecular formula is C29H30F2N4O7S. The molecule has 2 saturated heterocycles. The van der Waals surface area contributed by atoms with Crippen LogP contribution in [0.5, 0.6) is 5.75 Å². The highest BCUT2D eigenvalue weighted by Crippen LogP contribution is 2.49. The van der Waals surface area contributed by atoms with Crippen LogP contribution >= 0.6 is 0 Å². The zero-order chi connectivity index (χ0) is 30.9. The summed E-state index contributed by atoms with van der Waals surface area (Å²) in [5.41, 5.74) is 1.56. The maximum Gasteiger partial charge on any atom is 0.336 e. The normalized spacial score (nSPS) is 20.0. The van der Waals surface area contributed by atoms with Gasteiger partial charge in [-0.1, -0.05) is 18.2 Å². The zero-order valence-electron chi connectivity index (χ0n) is 22.8. The molecule has 11 nitrogen and oxygen atoms in total. The SMILES string of the molecule is O=C(Nc1ccc([C@@H]2[C@@H](CC[C@H](O)c3ccc(F)cc3)C(=O)N2c2ccc(F)cc2)c(O)c1)N1CCN(S(=O)(=O)O)CC1. The first-order valence-electron chi connectivity index (χ1n) is 13.6. The molecule has 0 radical (unpaired) electrons. The second kappa shape index (κ2) is 12.2. The summed E-state index contributed by atoms with van der Waals surface area (Å²) in [6, 6.07) is 14.0. The van der Waals surface area contributed by atoms with Crippen LogP contribution in [0.4, 0.5) is 25.0 Å². The molecule has 14 heteroatoms. The van der Waals surface area contributed by atoms with Crippen molar-refractivity contribution in [2.75, 3.05) is 36.4 Å². The van der Waals surface area contributed by atoms with E-state index in [1.807, 2.05) is 0 Å². The summed E-state index contributed by atoms with van der Waals surface area (Å²) in [6.07, 6.45) is -0.512. The number of nitrogens with zero attached hydrogens (tertiary/aromatic N) is 3. The van der Waals surface area contributed by atoms with Gasteiger partial charge in [-0.3, -0.25) is 9.35 Å². The van der Waals surface area contributed by atoms with Gasteiger partial charge in [-0.15, -0.1) is 0 Å². The number of phenolic OH excluding ortho intramolecular Hbond substituents is 1. The average Bonchev–Trinajstić information content (AvgIpc) is 2.97. The molecule has 2 fully saturated rings. The Bertz CT molecular complexity index is 1600. The van der Waals surface area contributed by atoms with Crippen LogP contribution in [0, 0.1) is 17.6 Å². The van der Waals surface area contributed by atoms with Crippen LogP contribution in [0.25, 0.3) is 0 Å². The molecule has 3 aromatic carbocycles. The summed E-state index contributed by atoms with van der Waals surface area (Å²) in [5.74, 6) is -2.03. The van der Waals surface area contributed by atoms with Gasteiger partial charge in [-0.05, 0) is 60.9 Å². The molecule has 5 rings (SSSR count). The zero-order valence-corrected chi connectivity index (χ0v) is 23.6.